The second-order valence-electron chi connectivity index (χ2n) is 5.09. The van der Waals surface area contributed by atoms with Crippen molar-refractivity contribution >= 4 is 17.2 Å². The molecule has 0 fully saturated rings. The van der Waals surface area contributed by atoms with Crippen molar-refractivity contribution < 1.29 is 13.2 Å². The Kier molecular flexibility index (Phi) is 5.42. The summed E-state index contributed by atoms with van der Waals surface area (Å²) in [4.78, 5) is 0. The number of rotatable bonds is 2. The van der Waals surface area contributed by atoms with Gasteiger partial charge in [-0.3, -0.25) is 0 Å². The number of benzene rings is 2. The van der Waals surface area contributed by atoms with E-state index < -0.39 is 44.6 Å². The van der Waals surface area contributed by atoms with Crippen molar-refractivity contribution in [2.75, 3.05) is 0 Å². The zero-order valence-electron chi connectivity index (χ0n) is 13.5. The van der Waals surface area contributed by atoms with Crippen molar-refractivity contribution in [3.63, 3.8) is 0 Å². The maximum Gasteiger partial charge on any atom is 0.171 e. The van der Waals surface area contributed by atoms with Crippen LogP contribution in [0.4, 0.5) is 13.2 Å². The van der Waals surface area contributed by atoms with Crippen LogP contribution in [0.2, 0.25) is 0 Å². The molecule has 27 heavy (non-hydrogen) atoms. The lowest BCUT2D eigenvalue weighted by Crippen LogP contribution is -2.29. The Hall–Kier alpha value is -4.33. The van der Waals surface area contributed by atoms with Crippen molar-refractivity contribution in [1.82, 2.24) is 0 Å². The van der Waals surface area contributed by atoms with Gasteiger partial charge >= 0.3 is 0 Å². The summed E-state index contributed by atoms with van der Waals surface area (Å²) < 4.78 is 44.2. The summed E-state index contributed by atoms with van der Waals surface area (Å²) in [6.45, 7) is 3.56. The molecule has 4 nitrogen and oxygen atoms in total. The molecule has 0 aliphatic rings. The van der Waals surface area contributed by atoms with Gasteiger partial charge in [-0.25, -0.2) is 13.2 Å². The van der Waals surface area contributed by atoms with E-state index in [1.807, 2.05) is 0 Å². The van der Waals surface area contributed by atoms with E-state index in [4.69, 9.17) is 21.0 Å². The van der Waals surface area contributed by atoms with Gasteiger partial charge in [-0.05, 0) is 11.1 Å². The highest BCUT2D eigenvalue weighted by Gasteiger charge is 2.23. The minimum absolute atomic E-state index is 0.0199. The average Bonchev–Trinajstić information content (AvgIpc) is 2.70. The van der Waals surface area contributed by atoms with Crippen LogP contribution in [-0.2, 0) is 0 Å². The average molecular weight is 360 g/mol. The van der Waals surface area contributed by atoms with Crippen LogP contribution in [0.15, 0.2) is 30.8 Å². The molecule has 2 rings (SSSR count). The topological polar surface area (TPSA) is 95.2 Å². The molecule has 0 unspecified atom stereocenters. The Morgan fingerprint density at radius 3 is 1.63 bits per heavy atom. The van der Waals surface area contributed by atoms with E-state index >= 15 is 4.39 Å². The fourth-order valence-corrected chi connectivity index (χ4v) is 2.45. The third-order valence-corrected chi connectivity index (χ3v) is 3.70. The summed E-state index contributed by atoms with van der Waals surface area (Å²) in [6.07, 6.45) is 1.50. The second kappa shape index (κ2) is 7.70. The van der Waals surface area contributed by atoms with Crippen molar-refractivity contribution in [1.29, 1.82) is 21.0 Å². The highest BCUT2D eigenvalue weighted by atomic mass is 19.2. The molecular formula is C20H7F3N4. The van der Waals surface area contributed by atoms with Crippen LogP contribution in [0.5, 0.6) is 0 Å². The molecule has 0 saturated carbocycles. The zero-order chi connectivity index (χ0) is 20.1. The molecular weight excluding hydrogens is 353 g/mol. The Morgan fingerprint density at radius 1 is 0.741 bits per heavy atom. The van der Waals surface area contributed by atoms with Crippen molar-refractivity contribution in [3.05, 3.63) is 64.3 Å². The van der Waals surface area contributed by atoms with E-state index in [1.54, 1.807) is 0 Å². The van der Waals surface area contributed by atoms with Crippen LogP contribution in [0.25, 0.3) is 28.3 Å². The molecule has 0 amide bonds. The molecule has 2 aromatic carbocycles. The number of hydrogen-bond donors (Lipinski definition) is 0. The van der Waals surface area contributed by atoms with Gasteiger partial charge in [0.15, 0.2) is 11.6 Å². The molecule has 0 aliphatic heterocycles. The van der Waals surface area contributed by atoms with Crippen LogP contribution in [0.1, 0.15) is 5.56 Å². The standard InChI is InChI=1S/C20H7F3N4/c1-2-11-3-5-12(6-4-11)15-16(13(7-24)8-25)19(22)20(23)17(18(15)21)14(9-26)10-27/h2-6H,1H2. The lowest BCUT2D eigenvalue weighted by Gasteiger charge is -2.09. The quantitative estimate of drug-likeness (QED) is 0.770. The first-order chi connectivity index (χ1) is 12.9. The summed E-state index contributed by atoms with van der Waals surface area (Å²) in [5.74, 6) is -4.94. The fourth-order valence-electron chi connectivity index (χ4n) is 2.45. The Bertz CT molecular complexity index is 1210. The predicted molar refractivity (Wildman–Crippen MR) is 90.4 cm³/mol. The summed E-state index contributed by atoms with van der Waals surface area (Å²) >= 11 is 0. The molecule has 0 N–H and O–H groups in total. The molecule has 128 valence electrons. The summed E-state index contributed by atoms with van der Waals surface area (Å²) in [5, 5.41) is 34.0. The third-order valence-electron chi connectivity index (χ3n) is 3.70. The first-order valence-corrected chi connectivity index (χ1v) is 7.23. The smallest absolute Gasteiger partial charge is 0.171 e. The van der Waals surface area contributed by atoms with Gasteiger partial charge in [-0.15, -0.1) is 0 Å². The summed E-state index contributed by atoms with van der Waals surface area (Å²) in [6, 6.07) is 11.1. The minimum atomic E-state index is -1.82. The van der Waals surface area contributed by atoms with Crippen LogP contribution in [0.3, 0.4) is 0 Å². The van der Waals surface area contributed by atoms with E-state index in [0.29, 0.717) is 5.56 Å². The van der Waals surface area contributed by atoms with E-state index in [0.717, 1.165) is 0 Å². The fraction of sp³-hybridized carbons (Fsp3) is 0. The van der Waals surface area contributed by atoms with Gasteiger partial charge in [0.25, 0.3) is 0 Å². The van der Waals surface area contributed by atoms with Gasteiger partial charge < -0.3 is 0 Å². The molecule has 2 aromatic rings. The minimum Gasteiger partial charge on any atom is -0.205 e. The normalized spacial score (nSPS) is 9.30. The van der Waals surface area contributed by atoms with E-state index in [9.17, 15) is 8.78 Å². The first kappa shape index (κ1) is 19.0. The van der Waals surface area contributed by atoms with Gasteiger partial charge in [0.05, 0.1) is 10.4 Å². The number of halogens is 3. The maximum absolute atomic E-state index is 15.1. The predicted octanol–water partition coefficient (Wildman–Crippen LogP) is 2.81. The molecule has 0 spiro atoms. The second-order valence-corrected chi connectivity index (χ2v) is 5.09. The molecule has 7 heteroatoms. The van der Waals surface area contributed by atoms with Crippen LogP contribution < -0.4 is 10.4 Å². The number of hydrogen-bond acceptors (Lipinski definition) is 4. The van der Waals surface area contributed by atoms with Gasteiger partial charge in [0.2, 0.25) is 0 Å². The molecule has 0 atom stereocenters. The number of nitrogens with zero attached hydrogens (tertiary/aromatic N) is 4. The highest BCUT2D eigenvalue weighted by Crippen LogP contribution is 2.21. The van der Waals surface area contributed by atoms with Gasteiger partial charge in [0, 0.05) is 5.56 Å². The monoisotopic (exact) mass is 360 g/mol. The summed E-state index contributed by atoms with van der Waals surface area (Å²) in [5.41, 5.74) is -1.76. The van der Waals surface area contributed by atoms with Crippen LogP contribution in [0, 0.1) is 62.8 Å². The lowest BCUT2D eigenvalue weighted by molar-refractivity contribution is 0.481. The molecule has 0 radical (unpaired) electrons. The summed E-state index contributed by atoms with van der Waals surface area (Å²) in [7, 11) is 0. The molecule has 0 aliphatic carbocycles. The van der Waals surface area contributed by atoms with Gasteiger partial charge in [-0.2, -0.15) is 21.0 Å². The highest BCUT2D eigenvalue weighted by molar-refractivity contribution is 5.81. The van der Waals surface area contributed by atoms with Crippen LogP contribution >= 0.6 is 0 Å². The molecule has 0 heterocycles. The number of nitriles is 4. The third kappa shape index (κ3) is 3.14. The van der Waals surface area contributed by atoms with E-state index in [1.165, 1.54) is 54.6 Å². The Balaban J connectivity index is 3.27. The Morgan fingerprint density at radius 2 is 1.19 bits per heavy atom. The largest absolute Gasteiger partial charge is 0.205 e. The Labute approximate surface area is 151 Å². The van der Waals surface area contributed by atoms with Crippen molar-refractivity contribution in [3.8, 4) is 35.4 Å². The molecule has 0 aromatic heterocycles. The van der Waals surface area contributed by atoms with Gasteiger partial charge in [-0.1, -0.05) is 36.9 Å². The van der Waals surface area contributed by atoms with Crippen molar-refractivity contribution in [2.24, 2.45) is 0 Å². The lowest BCUT2D eigenvalue weighted by atomic mass is 9.96. The van der Waals surface area contributed by atoms with E-state index in [2.05, 4.69) is 6.58 Å². The first-order valence-electron chi connectivity index (χ1n) is 7.23. The maximum atomic E-state index is 15.1. The SMILES string of the molecule is C=Cc1ccc(-c2c(F)c(=C(C#N)C#N)c(F)c(F)c2=C(C#N)C#N)cc1. The zero-order valence-corrected chi connectivity index (χ0v) is 13.5. The van der Waals surface area contributed by atoms with Gasteiger partial charge in [0.1, 0.15) is 41.2 Å². The van der Waals surface area contributed by atoms with Crippen molar-refractivity contribution in [2.45, 2.75) is 0 Å². The molecule has 0 bridgehead atoms. The molecule has 0 saturated heterocycles. The van der Waals surface area contributed by atoms with E-state index in [-0.39, 0.29) is 5.56 Å². The van der Waals surface area contributed by atoms with Crippen LogP contribution in [-0.4, -0.2) is 0 Å².